The van der Waals surface area contributed by atoms with Gasteiger partial charge in [-0.3, -0.25) is 14.7 Å². The normalized spacial score (nSPS) is 16.9. The number of aromatic amines is 1. The summed E-state index contributed by atoms with van der Waals surface area (Å²) in [5.74, 6) is -0.878. The van der Waals surface area contributed by atoms with Crippen LogP contribution in [0.25, 0.3) is 10.9 Å². The van der Waals surface area contributed by atoms with Crippen molar-refractivity contribution in [1.29, 1.82) is 0 Å². The maximum absolute atomic E-state index is 13.3. The minimum Gasteiger partial charge on any atom is -0.330 e. The fourth-order valence-electron chi connectivity index (χ4n) is 3.58. The lowest BCUT2D eigenvalue weighted by Crippen LogP contribution is -2.32. The van der Waals surface area contributed by atoms with Crippen LogP contribution in [0.15, 0.2) is 59.9 Å². The molecule has 0 aliphatic carbocycles. The van der Waals surface area contributed by atoms with Gasteiger partial charge in [-0.15, -0.1) is 0 Å². The summed E-state index contributed by atoms with van der Waals surface area (Å²) in [4.78, 5) is 24.7. The second-order valence-electron chi connectivity index (χ2n) is 6.90. The number of hydrogen-bond donors (Lipinski definition) is 3. The summed E-state index contributed by atoms with van der Waals surface area (Å²) >= 11 is 0. The van der Waals surface area contributed by atoms with Gasteiger partial charge in [0.1, 0.15) is 5.82 Å². The van der Waals surface area contributed by atoms with Gasteiger partial charge in [0, 0.05) is 29.1 Å². The highest BCUT2D eigenvalue weighted by molar-refractivity contribution is 5.95. The lowest BCUT2D eigenvalue weighted by Gasteiger charge is -2.28. The van der Waals surface area contributed by atoms with Crippen LogP contribution in [0.5, 0.6) is 0 Å². The predicted octanol–water partition coefficient (Wildman–Crippen LogP) is 3.61. The van der Waals surface area contributed by atoms with Crippen LogP contribution in [0.1, 0.15) is 31.2 Å². The molecule has 3 N–H and O–H groups in total. The monoisotopic (exact) mass is 378 g/mol. The van der Waals surface area contributed by atoms with Gasteiger partial charge >= 0.3 is 0 Å². The largest absolute Gasteiger partial charge is 0.330 e. The summed E-state index contributed by atoms with van der Waals surface area (Å²) in [6, 6.07) is 11.6. The number of nitrogens with one attached hydrogen (secondary N) is 3. The Balaban J connectivity index is 1.55. The van der Waals surface area contributed by atoms with Crippen molar-refractivity contribution >= 4 is 28.4 Å². The van der Waals surface area contributed by atoms with Gasteiger partial charge in [0.25, 0.3) is 0 Å². The van der Waals surface area contributed by atoms with Crippen LogP contribution in [0.3, 0.4) is 0 Å². The fourth-order valence-corrected chi connectivity index (χ4v) is 3.58. The fraction of sp³-hybridized carbons (Fsp3) is 0.190. The van der Waals surface area contributed by atoms with E-state index < -0.39 is 0 Å². The zero-order chi connectivity index (χ0) is 19.7. The number of carbonyl (C=O) groups excluding carboxylic acids is 2. The Morgan fingerprint density at radius 1 is 1.25 bits per heavy atom. The third-order valence-electron chi connectivity index (χ3n) is 4.97. The second kappa shape index (κ2) is 7.26. The number of hydrogen-bond acceptors (Lipinski definition) is 3. The second-order valence-corrected chi connectivity index (χ2v) is 6.90. The molecule has 142 valence electrons. The number of allylic oxidation sites excluding steroid dienone is 1. The van der Waals surface area contributed by atoms with E-state index >= 15 is 0 Å². The van der Waals surface area contributed by atoms with E-state index in [4.69, 9.17) is 0 Å². The van der Waals surface area contributed by atoms with Crippen molar-refractivity contribution in [2.24, 2.45) is 0 Å². The van der Waals surface area contributed by atoms with Crippen molar-refractivity contribution in [3.8, 4) is 0 Å². The molecule has 2 heterocycles. The maximum atomic E-state index is 13.3. The lowest BCUT2D eigenvalue weighted by atomic mass is 9.83. The number of anilines is 1. The van der Waals surface area contributed by atoms with Crippen LogP contribution in [-0.2, 0) is 9.59 Å². The van der Waals surface area contributed by atoms with E-state index in [0.29, 0.717) is 11.4 Å². The zero-order valence-corrected chi connectivity index (χ0v) is 15.3. The van der Waals surface area contributed by atoms with E-state index in [0.717, 1.165) is 22.0 Å². The van der Waals surface area contributed by atoms with Gasteiger partial charge in [-0.1, -0.05) is 12.1 Å². The quantitative estimate of drug-likeness (QED) is 0.648. The van der Waals surface area contributed by atoms with Gasteiger partial charge in [-0.2, -0.15) is 5.10 Å². The molecule has 0 saturated heterocycles. The summed E-state index contributed by atoms with van der Waals surface area (Å²) < 4.78 is 13.3. The number of nitrogens with zero attached hydrogens (tertiary/aromatic N) is 1. The molecular formula is C21H19FN4O2. The summed E-state index contributed by atoms with van der Waals surface area (Å²) in [6.45, 7) is 1.79. The highest BCUT2D eigenvalue weighted by atomic mass is 19.1. The third kappa shape index (κ3) is 3.64. The average molecular weight is 378 g/mol. The molecule has 7 heteroatoms. The Bertz CT molecular complexity index is 1090. The summed E-state index contributed by atoms with van der Waals surface area (Å²) in [6.07, 6.45) is 2.06. The first kappa shape index (κ1) is 17.9. The van der Waals surface area contributed by atoms with Crippen LogP contribution < -0.4 is 10.6 Å². The molecule has 2 amide bonds. The smallest absolute Gasteiger partial charge is 0.228 e. The number of amides is 2. The molecule has 4 rings (SSSR count). The van der Waals surface area contributed by atoms with E-state index in [9.17, 15) is 14.0 Å². The molecule has 2 aromatic carbocycles. The number of carbonyl (C=O) groups is 2. The summed E-state index contributed by atoms with van der Waals surface area (Å²) in [7, 11) is 0. The minimum atomic E-state index is -0.335. The van der Waals surface area contributed by atoms with Crippen LogP contribution in [0.2, 0.25) is 0 Å². The van der Waals surface area contributed by atoms with Gasteiger partial charge in [-0.25, -0.2) is 4.39 Å². The predicted molar refractivity (Wildman–Crippen MR) is 104 cm³/mol. The molecule has 1 aliphatic heterocycles. The maximum Gasteiger partial charge on any atom is 0.228 e. The van der Waals surface area contributed by atoms with Crippen LogP contribution in [0.4, 0.5) is 10.1 Å². The number of H-pyrrole nitrogens is 1. The highest BCUT2D eigenvalue weighted by Gasteiger charge is 2.28. The lowest BCUT2D eigenvalue weighted by molar-refractivity contribution is -0.121. The van der Waals surface area contributed by atoms with Crippen molar-refractivity contribution in [1.82, 2.24) is 15.5 Å². The van der Waals surface area contributed by atoms with E-state index in [1.807, 2.05) is 12.1 Å². The molecule has 1 unspecified atom stereocenters. The molecule has 0 fully saturated rings. The van der Waals surface area contributed by atoms with Crippen molar-refractivity contribution in [3.05, 3.63) is 71.3 Å². The van der Waals surface area contributed by atoms with Crippen molar-refractivity contribution in [2.45, 2.75) is 25.7 Å². The van der Waals surface area contributed by atoms with E-state index in [2.05, 4.69) is 20.8 Å². The first-order valence-electron chi connectivity index (χ1n) is 8.97. The van der Waals surface area contributed by atoms with Crippen LogP contribution >= 0.6 is 0 Å². The minimum absolute atomic E-state index is 0.110. The van der Waals surface area contributed by atoms with Gasteiger partial charge < -0.3 is 10.6 Å². The number of rotatable bonds is 4. The Kier molecular flexibility index (Phi) is 4.65. The Morgan fingerprint density at radius 3 is 2.82 bits per heavy atom. The average Bonchev–Trinajstić information content (AvgIpc) is 3.12. The molecule has 0 spiro atoms. The summed E-state index contributed by atoms with van der Waals surface area (Å²) in [5, 5.41) is 13.4. The molecule has 6 nitrogen and oxygen atoms in total. The number of halogens is 1. The van der Waals surface area contributed by atoms with E-state index in [-0.39, 0.29) is 36.4 Å². The standard InChI is InChI=1S/C21H19FN4O2/c1-12-17(18(10-20(27)24-12)13-2-4-15(22)5-3-13)9-21(28)25-16-6-7-19-14(8-16)11-23-26-19/h2-8,11,18H,9-10H2,1H3,(H,23,26)(H,24,27)(H,25,28). The number of benzene rings is 2. The van der Waals surface area contributed by atoms with E-state index in [1.165, 1.54) is 12.1 Å². The zero-order valence-electron chi connectivity index (χ0n) is 15.3. The Hall–Kier alpha value is -3.48. The molecule has 28 heavy (non-hydrogen) atoms. The van der Waals surface area contributed by atoms with Gasteiger partial charge in [0.2, 0.25) is 11.8 Å². The first-order valence-corrected chi connectivity index (χ1v) is 8.97. The SMILES string of the molecule is CC1=C(CC(=O)Nc2ccc3[nH]ncc3c2)C(c2ccc(F)cc2)CC(=O)N1. The van der Waals surface area contributed by atoms with Crippen LogP contribution in [0, 0.1) is 5.82 Å². The van der Waals surface area contributed by atoms with Gasteiger partial charge in [-0.05, 0) is 48.4 Å². The summed E-state index contributed by atoms with van der Waals surface area (Å²) in [5.41, 5.74) is 3.88. The molecule has 1 aliphatic rings. The molecule has 3 aromatic rings. The van der Waals surface area contributed by atoms with Crippen LogP contribution in [-0.4, -0.2) is 22.0 Å². The van der Waals surface area contributed by atoms with Gasteiger partial charge in [0.15, 0.2) is 0 Å². The first-order chi connectivity index (χ1) is 13.5. The Morgan fingerprint density at radius 2 is 2.04 bits per heavy atom. The highest BCUT2D eigenvalue weighted by Crippen LogP contribution is 2.35. The molecule has 1 atom stereocenters. The van der Waals surface area contributed by atoms with Crippen molar-refractivity contribution < 1.29 is 14.0 Å². The topological polar surface area (TPSA) is 86.9 Å². The van der Waals surface area contributed by atoms with Crippen molar-refractivity contribution in [3.63, 3.8) is 0 Å². The molecule has 0 saturated carbocycles. The third-order valence-corrected chi connectivity index (χ3v) is 4.97. The van der Waals surface area contributed by atoms with E-state index in [1.54, 1.807) is 31.3 Å². The molecule has 1 aromatic heterocycles. The van der Waals surface area contributed by atoms with Crippen molar-refractivity contribution in [2.75, 3.05) is 5.32 Å². The number of fused-ring (bicyclic) bond motifs is 1. The molecule has 0 bridgehead atoms. The van der Waals surface area contributed by atoms with Gasteiger partial charge in [0.05, 0.1) is 18.1 Å². The molecule has 0 radical (unpaired) electrons. The Labute approximate surface area is 160 Å². The number of aromatic nitrogens is 2. The molecular weight excluding hydrogens is 359 g/mol.